The Bertz CT molecular complexity index is 187. The molecule has 0 unspecified atom stereocenters. The van der Waals surface area contributed by atoms with E-state index in [9.17, 15) is 0 Å². The molecule has 0 aromatic carbocycles. The fraction of sp³-hybridized carbons (Fsp3) is 0.400. The van der Waals surface area contributed by atoms with Crippen LogP contribution in [0.3, 0.4) is 0 Å². The van der Waals surface area contributed by atoms with Crippen LogP contribution in [-0.2, 0) is 0 Å². The van der Waals surface area contributed by atoms with Crippen molar-refractivity contribution in [3.63, 3.8) is 0 Å². The van der Waals surface area contributed by atoms with E-state index in [1.165, 1.54) is 13.3 Å². The maximum absolute atomic E-state index is 8.85. The third kappa shape index (κ3) is 0.960. The molecule has 50 valence electrons. The van der Waals surface area contributed by atoms with Crippen molar-refractivity contribution in [3.05, 3.63) is 12.0 Å². The van der Waals surface area contributed by atoms with Crippen LogP contribution in [0.4, 0.5) is 0 Å². The van der Waals surface area contributed by atoms with Gasteiger partial charge in [-0.05, 0) is 6.92 Å². The van der Waals surface area contributed by atoms with Crippen molar-refractivity contribution in [3.8, 4) is 5.88 Å². The number of aromatic nitrogens is 2. The number of methoxy groups -OCH3 is 1. The first-order valence-corrected chi connectivity index (χ1v) is 2.53. The highest BCUT2D eigenvalue weighted by Crippen LogP contribution is 2.05. The smallest absolute Gasteiger partial charge is 0.235 e. The van der Waals surface area contributed by atoms with Crippen LogP contribution in [0.1, 0.15) is 5.82 Å². The van der Waals surface area contributed by atoms with Gasteiger partial charge in [0.2, 0.25) is 5.88 Å². The average Bonchev–Trinajstić information content (AvgIpc) is 2.13. The van der Waals surface area contributed by atoms with Crippen LogP contribution in [0.2, 0.25) is 0 Å². The third-order valence-corrected chi connectivity index (χ3v) is 1.05. The summed E-state index contributed by atoms with van der Waals surface area (Å²) in [5, 5.41) is 8.85. The summed E-state index contributed by atoms with van der Waals surface area (Å²) in [4.78, 5) is 3.82. The van der Waals surface area contributed by atoms with E-state index in [1.54, 1.807) is 6.92 Å². The Labute approximate surface area is 52.7 Å². The highest BCUT2D eigenvalue weighted by molar-refractivity contribution is 5.06. The minimum atomic E-state index is 0.426. The lowest BCUT2D eigenvalue weighted by atomic mass is 10.7. The number of ether oxygens (including phenoxy) is 1. The van der Waals surface area contributed by atoms with Crippen LogP contribution in [0.5, 0.6) is 5.88 Å². The SMILES string of the molecule is COc1cn(O)c(C)n1. The molecule has 0 radical (unpaired) electrons. The predicted molar refractivity (Wildman–Crippen MR) is 30.7 cm³/mol. The van der Waals surface area contributed by atoms with Gasteiger partial charge in [0.05, 0.1) is 7.11 Å². The Balaban J connectivity index is 2.98. The molecule has 1 aromatic rings. The number of imidazole rings is 1. The average molecular weight is 128 g/mol. The first kappa shape index (κ1) is 5.94. The molecule has 1 aromatic heterocycles. The van der Waals surface area contributed by atoms with E-state index in [-0.39, 0.29) is 0 Å². The molecule has 0 aliphatic rings. The molecular weight excluding hydrogens is 120 g/mol. The first-order valence-electron chi connectivity index (χ1n) is 2.53. The van der Waals surface area contributed by atoms with Gasteiger partial charge in [-0.1, -0.05) is 0 Å². The summed E-state index contributed by atoms with van der Waals surface area (Å²) in [6.07, 6.45) is 1.40. The van der Waals surface area contributed by atoms with Crippen LogP contribution in [-0.4, -0.2) is 22.0 Å². The van der Waals surface area contributed by atoms with Crippen molar-refractivity contribution in [2.75, 3.05) is 7.11 Å². The number of nitrogens with zero attached hydrogens (tertiary/aromatic N) is 2. The van der Waals surface area contributed by atoms with Gasteiger partial charge in [-0.25, -0.2) is 0 Å². The molecule has 0 saturated heterocycles. The molecule has 0 aliphatic carbocycles. The van der Waals surface area contributed by atoms with Gasteiger partial charge in [0.15, 0.2) is 0 Å². The Morgan fingerprint density at radius 3 is 2.67 bits per heavy atom. The monoisotopic (exact) mass is 128 g/mol. The van der Waals surface area contributed by atoms with Crippen LogP contribution in [0, 0.1) is 6.92 Å². The van der Waals surface area contributed by atoms with Crippen molar-refractivity contribution in [1.29, 1.82) is 0 Å². The normalized spacial score (nSPS) is 9.56. The van der Waals surface area contributed by atoms with E-state index in [4.69, 9.17) is 9.94 Å². The second kappa shape index (κ2) is 1.97. The third-order valence-electron chi connectivity index (χ3n) is 1.05. The summed E-state index contributed by atoms with van der Waals surface area (Å²) in [7, 11) is 1.50. The van der Waals surface area contributed by atoms with E-state index in [1.807, 2.05) is 0 Å². The standard InChI is InChI=1S/C5H8N2O2/c1-4-6-5(9-2)3-7(4)8/h3,8H,1-2H3. The molecule has 9 heavy (non-hydrogen) atoms. The van der Waals surface area contributed by atoms with Crippen LogP contribution in [0.15, 0.2) is 6.20 Å². The lowest BCUT2D eigenvalue weighted by molar-refractivity contribution is 0.178. The molecule has 0 aliphatic heterocycles. The Morgan fingerprint density at radius 2 is 2.44 bits per heavy atom. The van der Waals surface area contributed by atoms with Gasteiger partial charge in [0, 0.05) is 0 Å². The molecule has 4 nitrogen and oxygen atoms in total. The quantitative estimate of drug-likeness (QED) is 0.558. The van der Waals surface area contributed by atoms with E-state index in [2.05, 4.69) is 4.98 Å². The van der Waals surface area contributed by atoms with E-state index < -0.39 is 0 Å². The fourth-order valence-corrected chi connectivity index (χ4v) is 0.536. The van der Waals surface area contributed by atoms with E-state index >= 15 is 0 Å². The molecular formula is C5H8N2O2. The second-order valence-corrected chi connectivity index (χ2v) is 1.68. The summed E-state index contributed by atoms with van der Waals surface area (Å²) in [6, 6.07) is 0. The zero-order chi connectivity index (χ0) is 6.85. The first-order chi connectivity index (χ1) is 4.24. The molecule has 0 fully saturated rings. The number of rotatable bonds is 1. The minimum Gasteiger partial charge on any atom is -0.480 e. The summed E-state index contributed by atoms with van der Waals surface area (Å²) < 4.78 is 5.64. The van der Waals surface area contributed by atoms with Crippen LogP contribution in [0.25, 0.3) is 0 Å². The zero-order valence-corrected chi connectivity index (χ0v) is 5.33. The molecule has 0 bridgehead atoms. The summed E-state index contributed by atoms with van der Waals surface area (Å²) >= 11 is 0. The molecule has 0 atom stereocenters. The van der Waals surface area contributed by atoms with Gasteiger partial charge in [-0.3, -0.25) is 0 Å². The summed E-state index contributed by atoms with van der Waals surface area (Å²) in [5.74, 6) is 0.946. The fourth-order valence-electron chi connectivity index (χ4n) is 0.536. The minimum absolute atomic E-state index is 0.426. The van der Waals surface area contributed by atoms with Gasteiger partial charge >= 0.3 is 0 Å². The topological polar surface area (TPSA) is 47.3 Å². The Kier molecular flexibility index (Phi) is 1.30. The van der Waals surface area contributed by atoms with Crippen molar-refractivity contribution in [2.24, 2.45) is 0 Å². The van der Waals surface area contributed by atoms with Gasteiger partial charge in [0.1, 0.15) is 12.0 Å². The molecule has 0 spiro atoms. The van der Waals surface area contributed by atoms with Crippen LogP contribution < -0.4 is 4.74 Å². The maximum atomic E-state index is 8.85. The van der Waals surface area contributed by atoms with Crippen LogP contribution >= 0.6 is 0 Å². The van der Waals surface area contributed by atoms with Crippen molar-refractivity contribution in [2.45, 2.75) is 6.92 Å². The van der Waals surface area contributed by atoms with Gasteiger partial charge in [-0.2, -0.15) is 9.71 Å². The molecule has 1 N–H and O–H groups in total. The van der Waals surface area contributed by atoms with Gasteiger partial charge in [-0.15, -0.1) is 0 Å². The highest BCUT2D eigenvalue weighted by atomic mass is 16.5. The number of hydrogen-bond donors (Lipinski definition) is 1. The largest absolute Gasteiger partial charge is 0.480 e. The lowest BCUT2D eigenvalue weighted by Gasteiger charge is -1.86. The van der Waals surface area contributed by atoms with Crippen molar-refractivity contribution >= 4 is 0 Å². The Morgan fingerprint density at radius 1 is 1.78 bits per heavy atom. The number of aryl methyl sites for hydroxylation is 1. The second-order valence-electron chi connectivity index (χ2n) is 1.68. The molecule has 0 amide bonds. The van der Waals surface area contributed by atoms with Crippen molar-refractivity contribution in [1.82, 2.24) is 9.71 Å². The zero-order valence-electron chi connectivity index (χ0n) is 5.33. The molecule has 1 heterocycles. The van der Waals surface area contributed by atoms with E-state index in [0.717, 1.165) is 4.73 Å². The lowest BCUT2D eigenvalue weighted by Crippen LogP contribution is -1.89. The van der Waals surface area contributed by atoms with Gasteiger partial charge in [0.25, 0.3) is 0 Å². The summed E-state index contributed by atoms with van der Waals surface area (Å²) in [5.41, 5.74) is 0. The molecule has 0 saturated carbocycles. The molecule has 4 heteroatoms. The number of hydrogen-bond acceptors (Lipinski definition) is 3. The highest BCUT2D eigenvalue weighted by Gasteiger charge is 1.99. The Hall–Kier alpha value is -1.19. The summed E-state index contributed by atoms with van der Waals surface area (Å²) in [6.45, 7) is 1.68. The predicted octanol–water partition coefficient (Wildman–Crippen LogP) is 0.437. The van der Waals surface area contributed by atoms with Gasteiger partial charge < -0.3 is 9.94 Å². The van der Waals surface area contributed by atoms with Crippen molar-refractivity contribution < 1.29 is 9.94 Å². The van der Waals surface area contributed by atoms with E-state index in [0.29, 0.717) is 11.7 Å². The maximum Gasteiger partial charge on any atom is 0.235 e. The molecule has 1 rings (SSSR count).